The largest absolute Gasteiger partial charge is 0.314 e. The maximum absolute atomic E-state index is 3.54. The van der Waals surface area contributed by atoms with Crippen molar-refractivity contribution in [2.45, 2.75) is 45.6 Å². The van der Waals surface area contributed by atoms with Crippen molar-refractivity contribution in [2.24, 2.45) is 5.92 Å². The molecular formula is C11H19N. The first-order valence-corrected chi connectivity index (χ1v) is 5.01. The molecule has 1 heteroatoms. The summed E-state index contributed by atoms with van der Waals surface area (Å²) < 4.78 is 0. The van der Waals surface area contributed by atoms with Crippen LogP contribution >= 0.6 is 0 Å². The van der Waals surface area contributed by atoms with E-state index in [0.29, 0.717) is 0 Å². The lowest BCUT2D eigenvalue weighted by molar-refractivity contribution is 0.451. The summed E-state index contributed by atoms with van der Waals surface area (Å²) in [5.41, 5.74) is 0. The first kappa shape index (κ1) is 9.61. The van der Waals surface area contributed by atoms with Gasteiger partial charge in [0.2, 0.25) is 0 Å². The van der Waals surface area contributed by atoms with Crippen LogP contribution in [0.2, 0.25) is 0 Å². The molecule has 0 aliphatic heterocycles. The van der Waals surface area contributed by atoms with Gasteiger partial charge in [-0.3, -0.25) is 0 Å². The van der Waals surface area contributed by atoms with Crippen molar-refractivity contribution in [3.63, 3.8) is 0 Å². The fourth-order valence-electron chi connectivity index (χ4n) is 1.62. The van der Waals surface area contributed by atoms with Crippen molar-refractivity contribution in [1.29, 1.82) is 0 Å². The molecule has 1 N–H and O–H groups in total. The van der Waals surface area contributed by atoms with Gasteiger partial charge in [-0.1, -0.05) is 6.92 Å². The van der Waals surface area contributed by atoms with Gasteiger partial charge < -0.3 is 5.32 Å². The van der Waals surface area contributed by atoms with Crippen LogP contribution in [0.3, 0.4) is 0 Å². The Morgan fingerprint density at radius 2 is 2.25 bits per heavy atom. The van der Waals surface area contributed by atoms with Gasteiger partial charge >= 0.3 is 0 Å². The van der Waals surface area contributed by atoms with Crippen LogP contribution in [0.25, 0.3) is 0 Å². The molecule has 1 aliphatic carbocycles. The molecule has 1 nitrogen and oxygen atoms in total. The molecule has 12 heavy (non-hydrogen) atoms. The van der Waals surface area contributed by atoms with E-state index in [4.69, 9.17) is 0 Å². The molecule has 1 saturated carbocycles. The van der Waals surface area contributed by atoms with Gasteiger partial charge in [-0.25, -0.2) is 0 Å². The highest BCUT2D eigenvalue weighted by atomic mass is 14.9. The number of rotatable bonds is 5. The Hall–Kier alpha value is -0.480. The number of nitrogens with one attached hydrogen (secondary N) is 1. The van der Waals surface area contributed by atoms with Crippen molar-refractivity contribution in [3.05, 3.63) is 0 Å². The highest BCUT2D eigenvalue weighted by Crippen LogP contribution is 2.34. The van der Waals surface area contributed by atoms with E-state index >= 15 is 0 Å². The minimum atomic E-state index is 0.746. The van der Waals surface area contributed by atoms with Crippen LogP contribution in [-0.4, -0.2) is 12.6 Å². The smallest absolute Gasteiger partial charge is 0.0104 e. The molecule has 0 bridgehead atoms. The summed E-state index contributed by atoms with van der Waals surface area (Å²) >= 11 is 0. The van der Waals surface area contributed by atoms with Gasteiger partial charge in [0.05, 0.1) is 0 Å². The van der Waals surface area contributed by atoms with Gasteiger partial charge in [-0.15, -0.1) is 11.8 Å². The topological polar surface area (TPSA) is 12.0 Å². The molecule has 0 aromatic heterocycles. The average Bonchev–Trinajstić information content (AvgIpc) is 2.86. The summed E-state index contributed by atoms with van der Waals surface area (Å²) in [5, 5.41) is 3.54. The second kappa shape index (κ2) is 5.22. The van der Waals surface area contributed by atoms with Gasteiger partial charge in [0.15, 0.2) is 0 Å². The minimum Gasteiger partial charge on any atom is -0.314 e. The predicted octanol–water partition coefficient (Wildman–Crippen LogP) is 2.18. The lowest BCUT2D eigenvalue weighted by Crippen LogP contribution is -2.30. The molecule has 0 radical (unpaired) electrons. The molecule has 0 heterocycles. The van der Waals surface area contributed by atoms with Gasteiger partial charge in [0.25, 0.3) is 0 Å². The fraction of sp³-hybridized carbons (Fsp3) is 0.818. The first-order chi connectivity index (χ1) is 5.88. The molecule has 0 spiro atoms. The zero-order valence-corrected chi connectivity index (χ0v) is 8.19. The van der Waals surface area contributed by atoms with Crippen molar-refractivity contribution < 1.29 is 0 Å². The third-order valence-corrected chi connectivity index (χ3v) is 2.41. The summed E-state index contributed by atoms with van der Waals surface area (Å²) in [4.78, 5) is 0. The number of hydrogen-bond donors (Lipinski definition) is 1. The zero-order valence-electron chi connectivity index (χ0n) is 8.19. The van der Waals surface area contributed by atoms with Crippen molar-refractivity contribution in [1.82, 2.24) is 5.32 Å². The fourth-order valence-corrected chi connectivity index (χ4v) is 1.62. The summed E-state index contributed by atoms with van der Waals surface area (Å²) in [6, 6.07) is 0.746. The maximum atomic E-state index is 3.54. The highest BCUT2D eigenvalue weighted by molar-refractivity contribution is 4.97. The Kier molecular flexibility index (Phi) is 4.18. The van der Waals surface area contributed by atoms with Crippen molar-refractivity contribution in [2.75, 3.05) is 6.54 Å². The van der Waals surface area contributed by atoms with Gasteiger partial charge in [0, 0.05) is 12.5 Å². The maximum Gasteiger partial charge on any atom is 0.0104 e. The third kappa shape index (κ3) is 3.28. The number of hydrogen-bond acceptors (Lipinski definition) is 1. The predicted molar refractivity (Wildman–Crippen MR) is 52.9 cm³/mol. The molecule has 1 rings (SSSR count). The summed E-state index contributed by atoms with van der Waals surface area (Å²) in [6.45, 7) is 5.20. The van der Waals surface area contributed by atoms with Crippen LogP contribution in [0.4, 0.5) is 0 Å². The summed E-state index contributed by atoms with van der Waals surface area (Å²) in [7, 11) is 0. The zero-order chi connectivity index (χ0) is 8.81. The van der Waals surface area contributed by atoms with E-state index in [9.17, 15) is 0 Å². The van der Waals surface area contributed by atoms with Crippen LogP contribution in [0, 0.1) is 17.8 Å². The van der Waals surface area contributed by atoms with E-state index in [1.807, 2.05) is 6.92 Å². The van der Waals surface area contributed by atoms with Crippen molar-refractivity contribution >= 4 is 0 Å². The van der Waals surface area contributed by atoms with E-state index < -0.39 is 0 Å². The Labute approximate surface area is 75.9 Å². The lowest BCUT2D eigenvalue weighted by Gasteiger charge is -2.15. The van der Waals surface area contributed by atoms with Crippen LogP contribution in [0.1, 0.15) is 39.5 Å². The molecule has 0 saturated heterocycles. The summed E-state index contributed by atoms with van der Waals surface area (Å²) in [6.07, 6.45) is 5.15. The average molecular weight is 165 g/mol. The lowest BCUT2D eigenvalue weighted by atomic mass is 10.1. The molecular weight excluding hydrogens is 146 g/mol. The van der Waals surface area contributed by atoms with E-state index in [-0.39, 0.29) is 0 Å². The second-order valence-corrected chi connectivity index (χ2v) is 3.47. The van der Waals surface area contributed by atoms with E-state index in [1.165, 1.54) is 19.3 Å². The van der Waals surface area contributed by atoms with Gasteiger partial charge in [-0.2, -0.15) is 0 Å². The quantitative estimate of drug-likeness (QED) is 0.616. The van der Waals surface area contributed by atoms with Gasteiger partial charge in [0.1, 0.15) is 0 Å². The van der Waals surface area contributed by atoms with E-state index in [2.05, 4.69) is 24.1 Å². The molecule has 1 unspecified atom stereocenters. The normalized spacial score (nSPS) is 18.2. The molecule has 0 aromatic carbocycles. The third-order valence-electron chi connectivity index (χ3n) is 2.41. The molecule has 0 aromatic rings. The molecule has 0 amide bonds. The SMILES string of the molecule is CC#CCCC(NCC)C1CC1. The van der Waals surface area contributed by atoms with Crippen LogP contribution in [0.15, 0.2) is 0 Å². The Bertz CT molecular complexity index is 171. The molecule has 68 valence electrons. The first-order valence-electron chi connectivity index (χ1n) is 5.01. The monoisotopic (exact) mass is 165 g/mol. The standard InChI is InChI=1S/C11H19N/c1-3-5-6-7-11(12-4-2)10-8-9-10/h10-12H,4,6-9H2,1-2H3. The minimum absolute atomic E-state index is 0.746. The molecule has 1 aliphatic rings. The summed E-state index contributed by atoms with van der Waals surface area (Å²) in [5.74, 6) is 7.04. The second-order valence-electron chi connectivity index (χ2n) is 3.47. The van der Waals surface area contributed by atoms with Crippen LogP contribution < -0.4 is 5.32 Å². The Morgan fingerprint density at radius 3 is 2.75 bits per heavy atom. The van der Waals surface area contributed by atoms with Crippen LogP contribution in [0.5, 0.6) is 0 Å². The highest BCUT2D eigenvalue weighted by Gasteiger charge is 2.29. The Balaban J connectivity index is 2.16. The van der Waals surface area contributed by atoms with Gasteiger partial charge in [-0.05, 0) is 38.6 Å². The molecule has 1 fully saturated rings. The van der Waals surface area contributed by atoms with Crippen LogP contribution in [-0.2, 0) is 0 Å². The van der Waals surface area contributed by atoms with E-state index in [1.54, 1.807) is 0 Å². The van der Waals surface area contributed by atoms with E-state index in [0.717, 1.165) is 24.9 Å². The van der Waals surface area contributed by atoms with Crippen molar-refractivity contribution in [3.8, 4) is 11.8 Å². The molecule has 1 atom stereocenters. The Morgan fingerprint density at radius 1 is 1.50 bits per heavy atom.